The first kappa shape index (κ1) is 31.5. The normalized spacial score (nSPS) is 21.0. The number of anilines is 1. The zero-order valence-electron chi connectivity index (χ0n) is 24.1. The third kappa shape index (κ3) is 8.53. The summed E-state index contributed by atoms with van der Waals surface area (Å²) < 4.78 is 37.5. The first-order valence-electron chi connectivity index (χ1n) is 13.7. The van der Waals surface area contributed by atoms with Gasteiger partial charge >= 0.3 is 0 Å². The summed E-state index contributed by atoms with van der Waals surface area (Å²) in [6.07, 6.45) is 4.02. The predicted molar refractivity (Wildman–Crippen MR) is 158 cm³/mol. The number of sulfonamides is 1. The molecule has 1 aromatic heterocycles. The van der Waals surface area contributed by atoms with Crippen LogP contribution in [0.15, 0.2) is 40.5 Å². The van der Waals surface area contributed by atoms with Gasteiger partial charge in [0.05, 0.1) is 17.6 Å². The van der Waals surface area contributed by atoms with E-state index in [4.69, 9.17) is 14.3 Å². The van der Waals surface area contributed by atoms with Crippen LogP contribution in [-0.4, -0.2) is 119 Å². The Morgan fingerprint density at radius 2 is 1.85 bits per heavy atom. The lowest BCUT2D eigenvalue weighted by Crippen LogP contribution is -2.43. The lowest BCUT2D eigenvalue weighted by Gasteiger charge is -2.31. The molecule has 2 heterocycles. The van der Waals surface area contributed by atoms with Gasteiger partial charge < -0.3 is 19.2 Å². The van der Waals surface area contributed by atoms with E-state index < -0.39 is 15.9 Å². The van der Waals surface area contributed by atoms with Crippen LogP contribution in [0.25, 0.3) is 0 Å². The Morgan fingerprint density at radius 1 is 1.15 bits per heavy atom. The highest BCUT2D eigenvalue weighted by Crippen LogP contribution is 2.25. The highest BCUT2D eigenvalue weighted by molar-refractivity contribution is 7.89. The SMILES string of the molecule is COCCN(C)S(=O)(=O)c1ccc(/C(=N\O[C@@H]2CC[C@@H](OC)C2)C(=O)Nc2ncc(CN3CCN(C)CC3)s2)cc1. The summed E-state index contributed by atoms with van der Waals surface area (Å²) in [5.41, 5.74) is 0.467. The molecule has 1 saturated heterocycles. The Hall–Kier alpha value is -2.46. The Morgan fingerprint density at radius 3 is 2.51 bits per heavy atom. The maximum Gasteiger partial charge on any atom is 0.280 e. The number of piperazine rings is 1. The molecule has 1 saturated carbocycles. The van der Waals surface area contributed by atoms with Gasteiger partial charge in [-0.2, -0.15) is 4.31 Å². The highest BCUT2D eigenvalue weighted by Gasteiger charge is 2.27. The molecule has 1 aliphatic heterocycles. The summed E-state index contributed by atoms with van der Waals surface area (Å²) >= 11 is 1.42. The Balaban J connectivity index is 1.49. The second kappa shape index (κ2) is 14.6. The minimum absolute atomic E-state index is 0.0402. The highest BCUT2D eigenvalue weighted by atomic mass is 32.2. The van der Waals surface area contributed by atoms with Crippen LogP contribution in [0, 0.1) is 0 Å². The lowest BCUT2D eigenvalue weighted by molar-refractivity contribution is -0.110. The number of carbonyl (C=O) groups excluding carboxylic acids is 1. The topological polar surface area (TPSA) is 126 Å². The number of benzene rings is 1. The van der Waals surface area contributed by atoms with Crippen molar-refractivity contribution in [2.75, 3.05) is 73.0 Å². The molecular formula is C27H40N6O6S2. The zero-order valence-corrected chi connectivity index (χ0v) is 25.7. The fourth-order valence-corrected chi connectivity index (χ4v) is 6.69. The molecule has 41 heavy (non-hydrogen) atoms. The van der Waals surface area contributed by atoms with E-state index in [1.54, 1.807) is 25.4 Å². The number of amides is 1. The quantitative estimate of drug-likeness (QED) is 0.269. The molecule has 1 aromatic carbocycles. The molecule has 2 atom stereocenters. The van der Waals surface area contributed by atoms with E-state index in [1.165, 1.54) is 41.9 Å². The van der Waals surface area contributed by atoms with Crippen molar-refractivity contribution in [1.29, 1.82) is 0 Å². The van der Waals surface area contributed by atoms with E-state index in [0.717, 1.165) is 50.4 Å². The second-order valence-corrected chi connectivity index (χ2v) is 13.5. The van der Waals surface area contributed by atoms with Gasteiger partial charge in [0, 0.05) is 83.6 Å². The summed E-state index contributed by atoms with van der Waals surface area (Å²) in [6.45, 7) is 5.31. The first-order valence-corrected chi connectivity index (χ1v) is 15.9. The maximum absolute atomic E-state index is 13.4. The number of carbonyl (C=O) groups is 1. The summed E-state index contributed by atoms with van der Waals surface area (Å²) in [7, 11) is 3.09. The molecule has 0 spiro atoms. The van der Waals surface area contributed by atoms with Gasteiger partial charge in [-0.15, -0.1) is 11.3 Å². The van der Waals surface area contributed by atoms with Crippen molar-refractivity contribution in [3.63, 3.8) is 0 Å². The Labute approximate surface area is 246 Å². The number of nitrogens with one attached hydrogen (secondary N) is 1. The van der Waals surface area contributed by atoms with E-state index in [2.05, 4.69) is 32.3 Å². The van der Waals surface area contributed by atoms with Crippen molar-refractivity contribution in [2.24, 2.45) is 5.16 Å². The van der Waals surface area contributed by atoms with Crippen LogP contribution in [0.4, 0.5) is 5.13 Å². The molecule has 226 valence electrons. The van der Waals surface area contributed by atoms with E-state index >= 15 is 0 Å². The zero-order chi connectivity index (χ0) is 29.4. The van der Waals surface area contributed by atoms with Gasteiger partial charge in [-0.1, -0.05) is 17.3 Å². The van der Waals surface area contributed by atoms with Crippen LogP contribution < -0.4 is 5.32 Å². The lowest BCUT2D eigenvalue weighted by atomic mass is 10.1. The molecule has 2 aromatic rings. The summed E-state index contributed by atoms with van der Waals surface area (Å²) in [5, 5.41) is 7.57. The number of hydrogen-bond acceptors (Lipinski definition) is 11. The van der Waals surface area contributed by atoms with Gasteiger partial charge in [0.25, 0.3) is 5.91 Å². The van der Waals surface area contributed by atoms with Gasteiger partial charge in [-0.3, -0.25) is 15.0 Å². The minimum atomic E-state index is -3.72. The molecule has 4 rings (SSSR count). The Kier molecular flexibility index (Phi) is 11.2. The number of rotatable bonds is 13. The number of aromatic nitrogens is 1. The number of nitrogens with zero attached hydrogens (tertiary/aromatic N) is 5. The molecule has 1 amide bonds. The number of methoxy groups -OCH3 is 2. The van der Waals surface area contributed by atoms with Crippen molar-refractivity contribution >= 4 is 38.1 Å². The van der Waals surface area contributed by atoms with Crippen LogP contribution in [0.1, 0.15) is 29.7 Å². The van der Waals surface area contributed by atoms with Gasteiger partial charge in [-0.25, -0.2) is 13.4 Å². The molecule has 1 N–H and O–H groups in total. The third-order valence-electron chi connectivity index (χ3n) is 7.37. The monoisotopic (exact) mass is 608 g/mol. The van der Waals surface area contributed by atoms with Gasteiger partial charge in [0.2, 0.25) is 10.0 Å². The predicted octanol–water partition coefficient (Wildman–Crippen LogP) is 2.08. The van der Waals surface area contributed by atoms with Crippen LogP contribution >= 0.6 is 11.3 Å². The summed E-state index contributed by atoms with van der Waals surface area (Å²) in [5.74, 6) is -0.486. The number of likely N-dealkylation sites (N-methyl/N-ethyl adjacent to an activating group) is 2. The third-order valence-corrected chi connectivity index (χ3v) is 10.1. The fourth-order valence-electron chi connectivity index (χ4n) is 4.69. The first-order chi connectivity index (χ1) is 19.7. The average molecular weight is 609 g/mol. The van der Waals surface area contributed by atoms with Gasteiger partial charge in [-0.05, 0) is 32.0 Å². The van der Waals surface area contributed by atoms with Crippen LogP contribution in [0.5, 0.6) is 0 Å². The van der Waals surface area contributed by atoms with Crippen molar-refractivity contribution in [3.05, 3.63) is 40.9 Å². The molecule has 14 heteroatoms. The smallest absolute Gasteiger partial charge is 0.280 e. The molecule has 2 aliphatic rings. The van der Waals surface area contributed by atoms with Gasteiger partial charge in [0.15, 0.2) is 10.8 Å². The summed E-state index contributed by atoms with van der Waals surface area (Å²) in [6, 6.07) is 6.05. The average Bonchev–Trinajstić information content (AvgIpc) is 3.62. The summed E-state index contributed by atoms with van der Waals surface area (Å²) in [4.78, 5) is 29.5. The van der Waals surface area contributed by atoms with E-state index in [9.17, 15) is 13.2 Å². The Bertz CT molecular complexity index is 1280. The molecule has 0 unspecified atom stereocenters. The van der Waals surface area contributed by atoms with Crippen LogP contribution in [0.2, 0.25) is 0 Å². The van der Waals surface area contributed by atoms with Crippen molar-refractivity contribution in [3.8, 4) is 0 Å². The van der Waals surface area contributed by atoms with Crippen LogP contribution in [0.3, 0.4) is 0 Å². The van der Waals surface area contributed by atoms with Crippen molar-refractivity contribution < 1.29 is 27.5 Å². The van der Waals surface area contributed by atoms with Crippen molar-refractivity contribution in [2.45, 2.75) is 42.9 Å². The molecule has 2 fully saturated rings. The maximum atomic E-state index is 13.4. The van der Waals surface area contributed by atoms with E-state index in [0.29, 0.717) is 17.1 Å². The minimum Gasteiger partial charge on any atom is -0.392 e. The molecule has 0 radical (unpaired) electrons. The molecule has 0 bridgehead atoms. The number of thiazole rings is 1. The van der Waals surface area contributed by atoms with E-state index in [-0.39, 0.29) is 36.0 Å². The molecular weight excluding hydrogens is 568 g/mol. The number of oxime groups is 1. The largest absolute Gasteiger partial charge is 0.392 e. The molecule has 12 nitrogen and oxygen atoms in total. The number of ether oxygens (including phenoxy) is 2. The molecule has 1 aliphatic carbocycles. The fraction of sp³-hybridized carbons (Fsp3) is 0.593. The van der Waals surface area contributed by atoms with Gasteiger partial charge in [0.1, 0.15) is 6.10 Å². The van der Waals surface area contributed by atoms with Crippen molar-refractivity contribution in [1.82, 2.24) is 19.1 Å². The second-order valence-electron chi connectivity index (χ2n) is 10.3. The van der Waals surface area contributed by atoms with E-state index in [1.807, 2.05) is 0 Å². The standard InChI is InChI=1S/C27H40N6O6S2/c1-31-11-13-33(14-12-31)19-23-18-28-27(40-23)29-26(34)25(30-39-22-8-7-21(17-22)38-4)20-5-9-24(10-6-20)41(35,36)32(2)15-16-37-3/h5-6,9-10,18,21-22H,7-8,11-17,19H2,1-4H3,(H,28,29,34)/b30-25+/t21-,22-/m1/s1. The number of hydrogen-bond donors (Lipinski definition) is 1. The van der Waals surface area contributed by atoms with Crippen LogP contribution in [-0.2, 0) is 35.7 Å².